The second kappa shape index (κ2) is 6.06. The lowest BCUT2D eigenvalue weighted by molar-refractivity contribution is 0.0600. The number of nitrogens with zero attached hydrogens (tertiary/aromatic N) is 1. The molecule has 2 rings (SSSR count). The number of aromatic nitrogens is 1. The second-order valence-corrected chi connectivity index (χ2v) is 4.18. The second-order valence-electron chi connectivity index (χ2n) is 4.18. The van der Waals surface area contributed by atoms with Gasteiger partial charge in [-0.2, -0.15) is 0 Å². The van der Waals surface area contributed by atoms with Crippen LogP contribution in [0.3, 0.4) is 0 Å². The standard InChI is InChI=1S/C15H15NO4/c1-19-13-9-11(15(18)20-2)6-7-12(13)10-16-8-4-3-5-14(16)17/h3-9H,10H2,1-2H3. The molecule has 0 aliphatic heterocycles. The lowest BCUT2D eigenvalue weighted by Gasteiger charge is -2.11. The summed E-state index contributed by atoms with van der Waals surface area (Å²) < 4.78 is 11.5. The minimum Gasteiger partial charge on any atom is -0.496 e. The molecule has 1 aromatic heterocycles. The summed E-state index contributed by atoms with van der Waals surface area (Å²) >= 11 is 0. The summed E-state index contributed by atoms with van der Waals surface area (Å²) in [4.78, 5) is 23.2. The highest BCUT2D eigenvalue weighted by Crippen LogP contribution is 2.21. The summed E-state index contributed by atoms with van der Waals surface area (Å²) in [7, 11) is 2.85. The first kappa shape index (κ1) is 13.9. The van der Waals surface area contributed by atoms with Crippen molar-refractivity contribution in [1.29, 1.82) is 0 Å². The van der Waals surface area contributed by atoms with Crippen molar-refractivity contribution in [2.45, 2.75) is 6.54 Å². The van der Waals surface area contributed by atoms with Crippen molar-refractivity contribution >= 4 is 5.97 Å². The Labute approximate surface area is 116 Å². The van der Waals surface area contributed by atoms with Gasteiger partial charge in [0, 0.05) is 17.8 Å². The quantitative estimate of drug-likeness (QED) is 0.795. The summed E-state index contributed by atoms with van der Waals surface area (Å²) in [5.74, 6) is 0.121. The maximum atomic E-state index is 11.7. The van der Waals surface area contributed by atoms with E-state index in [0.29, 0.717) is 17.9 Å². The van der Waals surface area contributed by atoms with E-state index in [0.717, 1.165) is 5.56 Å². The van der Waals surface area contributed by atoms with Crippen molar-refractivity contribution < 1.29 is 14.3 Å². The van der Waals surface area contributed by atoms with Gasteiger partial charge in [-0.15, -0.1) is 0 Å². The normalized spacial score (nSPS) is 10.1. The van der Waals surface area contributed by atoms with Gasteiger partial charge in [-0.05, 0) is 18.2 Å². The molecule has 104 valence electrons. The van der Waals surface area contributed by atoms with Gasteiger partial charge in [-0.1, -0.05) is 12.1 Å². The van der Waals surface area contributed by atoms with E-state index in [9.17, 15) is 9.59 Å². The van der Waals surface area contributed by atoms with Crippen LogP contribution in [0.1, 0.15) is 15.9 Å². The van der Waals surface area contributed by atoms with Crippen LogP contribution in [0.5, 0.6) is 5.75 Å². The Hall–Kier alpha value is -2.56. The van der Waals surface area contributed by atoms with Crippen molar-refractivity contribution in [3.8, 4) is 5.75 Å². The van der Waals surface area contributed by atoms with E-state index in [-0.39, 0.29) is 5.56 Å². The highest BCUT2D eigenvalue weighted by molar-refractivity contribution is 5.89. The van der Waals surface area contributed by atoms with E-state index >= 15 is 0 Å². The van der Waals surface area contributed by atoms with Crippen LogP contribution in [0.2, 0.25) is 0 Å². The molecule has 20 heavy (non-hydrogen) atoms. The fourth-order valence-electron chi connectivity index (χ4n) is 1.89. The van der Waals surface area contributed by atoms with Crippen LogP contribution in [0.15, 0.2) is 47.4 Å². The van der Waals surface area contributed by atoms with Crippen molar-refractivity contribution in [2.24, 2.45) is 0 Å². The maximum absolute atomic E-state index is 11.7. The molecular formula is C15H15NO4. The molecule has 0 N–H and O–H groups in total. The topological polar surface area (TPSA) is 57.5 Å². The summed E-state index contributed by atoms with van der Waals surface area (Å²) in [5, 5.41) is 0. The SMILES string of the molecule is COC(=O)c1ccc(Cn2ccccc2=O)c(OC)c1. The molecule has 0 amide bonds. The smallest absolute Gasteiger partial charge is 0.337 e. The van der Waals surface area contributed by atoms with Crippen molar-refractivity contribution in [3.63, 3.8) is 0 Å². The zero-order valence-corrected chi connectivity index (χ0v) is 11.3. The summed E-state index contributed by atoms with van der Waals surface area (Å²) in [5.41, 5.74) is 1.13. The molecule has 0 saturated carbocycles. The fourth-order valence-corrected chi connectivity index (χ4v) is 1.89. The van der Waals surface area contributed by atoms with Gasteiger partial charge in [0.1, 0.15) is 5.75 Å². The molecule has 0 spiro atoms. The Bertz CT molecular complexity index is 676. The van der Waals surface area contributed by atoms with Gasteiger partial charge in [-0.3, -0.25) is 4.79 Å². The van der Waals surface area contributed by atoms with Gasteiger partial charge >= 0.3 is 5.97 Å². The number of ether oxygens (including phenoxy) is 2. The van der Waals surface area contributed by atoms with Crippen LogP contribution >= 0.6 is 0 Å². The number of benzene rings is 1. The molecule has 5 heteroatoms. The van der Waals surface area contributed by atoms with E-state index in [4.69, 9.17) is 4.74 Å². The molecular weight excluding hydrogens is 258 g/mol. The minimum atomic E-state index is -0.424. The van der Waals surface area contributed by atoms with Crippen LogP contribution < -0.4 is 10.3 Å². The largest absolute Gasteiger partial charge is 0.496 e. The average molecular weight is 273 g/mol. The number of carbonyl (C=O) groups is 1. The predicted molar refractivity (Wildman–Crippen MR) is 74.1 cm³/mol. The molecule has 0 aliphatic carbocycles. The number of hydrogen-bond donors (Lipinski definition) is 0. The minimum absolute atomic E-state index is 0.0911. The number of methoxy groups -OCH3 is 2. The van der Waals surface area contributed by atoms with Crippen molar-refractivity contribution in [2.75, 3.05) is 14.2 Å². The molecule has 1 aromatic carbocycles. The summed E-state index contributed by atoms with van der Waals surface area (Å²) in [6, 6.07) is 9.99. The van der Waals surface area contributed by atoms with Gasteiger partial charge in [-0.25, -0.2) is 4.79 Å². The summed E-state index contributed by atoms with van der Waals surface area (Å²) in [6.07, 6.45) is 1.70. The average Bonchev–Trinajstić information content (AvgIpc) is 2.49. The molecule has 0 fully saturated rings. The Morgan fingerprint density at radius 3 is 2.65 bits per heavy atom. The number of rotatable bonds is 4. The molecule has 5 nitrogen and oxygen atoms in total. The van der Waals surface area contributed by atoms with Crippen LogP contribution in [-0.2, 0) is 11.3 Å². The number of esters is 1. The van der Waals surface area contributed by atoms with Crippen LogP contribution in [0, 0.1) is 0 Å². The third-order valence-electron chi connectivity index (χ3n) is 2.95. The number of carbonyl (C=O) groups excluding carboxylic acids is 1. The predicted octanol–water partition coefficient (Wildman–Crippen LogP) is 1.69. The Morgan fingerprint density at radius 1 is 1.20 bits per heavy atom. The summed E-state index contributed by atoms with van der Waals surface area (Å²) in [6.45, 7) is 0.379. The molecule has 0 unspecified atom stereocenters. The highest BCUT2D eigenvalue weighted by atomic mass is 16.5. The monoisotopic (exact) mass is 273 g/mol. The molecule has 0 aliphatic rings. The Balaban J connectivity index is 2.35. The van der Waals surface area contributed by atoms with E-state index in [1.165, 1.54) is 20.3 Å². The molecule has 0 saturated heterocycles. The van der Waals surface area contributed by atoms with E-state index < -0.39 is 5.97 Å². The first-order valence-corrected chi connectivity index (χ1v) is 6.06. The van der Waals surface area contributed by atoms with Gasteiger partial charge in [0.25, 0.3) is 5.56 Å². The molecule has 2 aromatic rings. The van der Waals surface area contributed by atoms with E-state index in [2.05, 4.69) is 4.74 Å². The fraction of sp³-hybridized carbons (Fsp3) is 0.200. The van der Waals surface area contributed by atoms with Crippen LogP contribution in [0.25, 0.3) is 0 Å². The van der Waals surface area contributed by atoms with Gasteiger partial charge in [0.15, 0.2) is 0 Å². The third-order valence-corrected chi connectivity index (χ3v) is 2.95. The molecule has 0 atom stereocenters. The van der Waals surface area contributed by atoms with Gasteiger partial charge in [0.05, 0.1) is 26.3 Å². The van der Waals surface area contributed by atoms with Crippen molar-refractivity contribution in [1.82, 2.24) is 4.57 Å². The highest BCUT2D eigenvalue weighted by Gasteiger charge is 2.11. The first-order chi connectivity index (χ1) is 9.65. The maximum Gasteiger partial charge on any atom is 0.337 e. The molecule has 0 radical (unpaired) electrons. The third kappa shape index (κ3) is 2.88. The van der Waals surface area contributed by atoms with Crippen molar-refractivity contribution in [3.05, 3.63) is 64.1 Å². The van der Waals surface area contributed by atoms with Crippen LogP contribution in [0.4, 0.5) is 0 Å². The Kier molecular flexibility index (Phi) is 4.20. The van der Waals surface area contributed by atoms with E-state index in [1.807, 2.05) is 0 Å². The zero-order valence-electron chi connectivity index (χ0n) is 11.3. The van der Waals surface area contributed by atoms with Crippen LogP contribution in [-0.4, -0.2) is 24.8 Å². The number of pyridine rings is 1. The molecule has 0 bridgehead atoms. The lowest BCUT2D eigenvalue weighted by atomic mass is 10.1. The zero-order chi connectivity index (χ0) is 14.5. The molecule has 1 heterocycles. The van der Waals surface area contributed by atoms with Gasteiger partial charge in [0.2, 0.25) is 0 Å². The first-order valence-electron chi connectivity index (χ1n) is 6.06. The lowest BCUT2D eigenvalue weighted by Crippen LogP contribution is -2.18. The Morgan fingerprint density at radius 2 is 2.00 bits per heavy atom. The van der Waals surface area contributed by atoms with Gasteiger partial charge < -0.3 is 14.0 Å². The van der Waals surface area contributed by atoms with E-state index in [1.54, 1.807) is 41.1 Å². The number of hydrogen-bond acceptors (Lipinski definition) is 4.